The molecule has 1 spiro atoms. The minimum Gasteiger partial charge on any atom is -0.360 e. The van der Waals surface area contributed by atoms with E-state index in [1.165, 1.54) is 19.3 Å². The van der Waals surface area contributed by atoms with E-state index in [9.17, 15) is 4.79 Å². The fraction of sp³-hybridized carbons (Fsp3) is 0.588. The molecule has 7 nitrogen and oxygen atoms in total. The highest BCUT2D eigenvalue weighted by Crippen LogP contribution is 2.55. The molecule has 1 unspecified atom stereocenters. The first kappa shape index (κ1) is 16.7. The van der Waals surface area contributed by atoms with Crippen molar-refractivity contribution < 1.29 is 9.32 Å². The summed E-state index contributed by atoms with van der Waals surface area (Å²) in [5.74, 6) is 1.11. The molecule has 8 heteroatoms. The molecule has 2 fully saturated rings. The molecule has 0 radical (unpaired) electrons. The van der Waals surface area contributed by atoms with Gasteiger partial charge in [0.1, 0.15) is 10.8 Å². The predicted octanol–water partition coefficient (Wildman–Crippen LogP) is 2.02. The maximum atomic E-state index is 12.5. The van der Waals surface area contributed by atoms with Crippen molar-refractivity contribution in [3.8, 4) is 0 Å². The molecule has 1 saturated carbocycles. The maximum absolute atomic E-state index is 12.5. The molecule has 2 aliphatic rings. The first-order valence-electron chi connectivity index (χ1n) is 8.71. The summed E-state index contributed by atoms with van der Waals surface area (Å²) in [4.78, 5) is 19.2. The van der Waals surface area contributed by atoms with Gasteiger partial charge in [-0.25, -0.2) is 4.98 Å². The lowest BCUT2D eigenvalue weighted by Crippen LogP contribution is -2.39. The molecule has 3 heterocycles. The third kappa shape index (κ3) is 3.75. The Hall–Kier alpha value is -1.77. The van der Waals surface area contributed by atoms with Gasteiger partial charge in [-0.2, -0.15) is 0 Å². The van der Waals surface area contributed by atoms with E-state index in [1.54, 1.807) is 17.4 Å². The molecule has 25 heavy (non-hydrogen) atoms. The van der Waals surface area contributed by atoms with Gasteiger partial charge < -0.3 is 15.2 Å². The second kappa shape index (κ2) is 6.86. The molecule has 0 aromatic carbocycles. The van der Waals surface area contributed by atoms with Gasteiger partial charge in [-0.1, -0.05) is 5.16 Å². The zero-order chi connectivity index (χ0) is 17.3. The van der Waals surface area contributed by atoms with Crippen LogP contribution in [0.3, 0.4) is 0 Å². The number of nitrogens with zero attached hydrogens (tertiary/aromatic N) is 3. The molecular formula is C17H23N5O2S. The number of carbonyl (C=O) groups is 1. The van der Waals surface area contributed by atoms with E-state index in [0.29, 0.717) is 29.6 Å². The van der Waals surface area contributed by atoms with Crippen LogP contribution in [0.5, 0.6) is 0 Å². The van der Waals surface area contributed by atoms with Crippen molar-refractivity contribution in [3.63, 3.8) is 0 Å². The number of carbonyl (C=O) groups excluding carboxylic acids is 1. The van der Waals surface area contributed by atoms with Crippen molar-refractivity contribution in [3.05, 3.63) is 28.4 Å². The number of nitrogens with one attached hydrogen (secondary N) is 2. The lowest BCUT2D eigenvalue weighted by atomic mass is 9.93. The van der Waals surface area contributed by atoms with E-state index < -0.39 is 0 Å². The van der Waals surface area contributed by atoms with Crippen molar-refractivity contribution >= 4 is 23.1 Å². The molecule has 0 bridgehead atoms. The topological polar surface area (TPSA) is 83.3 Å². The molecule has 2 aromatic rings. The van der Waals surface area contributed by atoms with Crippen molar-refractivity contribution in [2.24, 2.45) is 5.41 Å². The van der Waals surface area contributed by atoms with Crippen LogP contribution in [0.4, 0.5) is 5.82 Å². The zero-order valence-corrected chi connectivity index (χ0v) is 15.1. The highest BCUT2D eigenvalue weighted by Gasteiger charge is 2.56. The van der Waals surface area contributed by atoms with Crippen LogP contribution in [0, 0.1) is 12.3 Å². The van der Waals surface area contributed by atoms with Gasteiger partial charge in [0.15, 0.2) is 5.82 Å². The molecule has 1 aliphatic carbocycles. The van der Waals surface area contributed by atoms with Crippen molar-refractivity contribution in [2.45, 2.75) is 38.8 Å². The average molecular weight is 361 g/mol. The number of thiazole rings is 1. The van der Waals surface area contributed by atoms with Gasteiger partial charge in [-0.15, -0.1) is 11.3 Å². The summed E-state index contributed by atoms with van der Waals surface area (Å²) in [5, 5.41) is 13.1. The van der Waals surface area contributed by atoms with E-state index in [-0.39, 0.29) is 5.91 Å². The summed E-state index contributed by atoms with van der Waals surface area (Å²) in [6, 6.07) is 2.19. The summed E-state index contributed by atoms with van der Waals surface area (Å²) in [6.07, 6.45) is 5.38. The number of amides is 1. The lowest BCUT2D eigenvalue weighted by molar-refractivity contribution is -0.117. The highest BCUT2D eigenvalue weighted by molar-refractivity contribution is 7.09. The molecule has 4 rings (SSSR count). The van der Waals surface area contributed by atoms with Gasteiger partial charge in [-0.3, -0.25) is 9.69 Å². The van der Waals surface area contributed by atoms with Crippen LogP contribution in [-0.4, -0.2) is 46.6 Å². The number of aromatic nitrogens is 2. The number of aryl methyl sites for hydroxylation is 1. The Kier molecular flexibility index (Phi) is 4.58. The fourth-order valence-electron chi connectivity index (χ4n) is 3.88. The molecule has 2 aromatic heterocycles. The van der Waals surface area contributed by atoms with Crippen LogP contribution >= 0.6 is 11.3 Å². The standard InChI is InChI=1S/C17H23N5O2S/c1-12-8-14(21-24-12)20-15(23)10-22(11-16-19-6-7-25-16)13-9-17(13)2-4-18-5-3-17/h6-8,13,18H,2-5,9-11H2,1H3,(H,20,21,23). The Bertz CT molecular complexity index is 723. The number of piperidine rings is 1. The smallest absolute Gasteiger partial charge is 0.239 e. The maximum Gasteiger partial charge on any atom is 0.239 e. The second-order valence-corrected chi connectivity index (χ2v) is 8.01. The summed E-state index contributed by atoms with van der Waals surface area (Å²) in [7, 11) is 0. The van der Waals surface area contributed by atoms with Crippen molar-refractivity contribution in [2.75, 3.05) is 25.0 Å². The second-order valence-electron chi connectivity index (χ2n) is 7.03. The van der Waals surface area contributed by atoms with Crippen LogP contribution in [0.15, 0.2) is 22.2 Å². The minimum atomic E-state index is -0.0548. The first-order chi connectivity index (χ1) is 12.1. The van der Waals surface area contributed by atoms with Gasteiger partial charge in [0.25, 0.3) is 0 Å². The predicted molar refractivity (Wildman–Crippen MR) is 95.3 cm³/mol. The SMILES string of the molecule is Cc1cc(NC(=O)CN(Cc2nccs2)C2CC23CCNCC3)no1. The van der Waals surface area contributed by atoms with Crippen molar-refractivity contribution in [1.82, 2.24) is 20.4 Å². The Morgan fingerprint density at radius 1 is 1.52 bits per heavy atom. The Morgan fingerprint density at radius 2 is 2.36 bits per heavy atom. The van der Waals surface area contributed by atoms with Gasteiger partial charge in [0.05, 0.1) is 13.1 Å². The molecule has 1 saturated heterocycles. The van der Waals surface area contributed by atoms with Gasteiger partial charge in [0.2, 0.25) is 5.91 Å². The molecule has 1 amide bonds. The molecular weight excluding hydrogens is 338 g/mol. The molecule has 1 atom stereocenters. The molecule has 1 aliphatic heterocycles. The van der Waals surface area contributed by atoms with Crippen molar-refractivity contribution in [1.29, 1.82) is 0 Å². The lowest BCUT2D eigenvalue weighted by Gasteiger charge is -2.28. The van der Waals surface area contributed by atoms with Crippen LogP contribution in [0.1, 0.15) is 30.0 Å². The summed E-state index contributed by atoms with van der Waals surface area (Å²) in [6.45, 7) is 5.04. The van der Waals surface area contributed by atoms with E-state index in [2.05, 4.69) is 25.7 Å². The molecule has 134 valence electrons. The summed E-state index contributed by atoms with van der Waals surface area (Å²) < 4.78 is 5.01. The third-order valence-electron chi connectivity index (χ3n) is 5.25. The van der Waals surface area contributed by atoms with Crippen LogP contribution in [-0.2, 0) is 11.3 Å². The fourth-order valence-corrected chi connectivity index (χ4v) is 4.52. The summed E-state index contributed by atoms with van der Waals surface area (Å²) >= 11 is 1.64. The number of hydrogen-bond donors (Lipinski definition) is 2. The largest absolute Gasteiger partial charge is 0.360 e. The molecule has 2 N–H and O–H groups in total. The summed E-state index contributed by atoms with van der Waals surface area (Å²) in [5.41, 5.74) is 0.382. The number of rotatable bonds is 6. The highest BCUT2D eigenvalue weighted by atomic mass is 32.1. The first-order valence-corrected chi connectivity index (χ1v) is 9.59. The van der Waals surface area contributed by atoms with E-state index in [1.807, 2.05) is 18.5 Å². The average Bonchev–Trinajstić information content (AvgIpc) is 2.93. The van der Waals surface area contributed by atoms with Crippen LogP contribution in [0.25, 0.3) is 0 Å². The minimum absolute atomic E-state index is 0.0548. The normalized spacial score (nSPS) is 21.6. The monoisotopic (exact) mass is 361 g/mol. The van der Waals surface area contributed by atoms with Crippen LogP contribution < -0.4 is 10.6 Å². The van der Waals surface area contributed by atoms with E-state index in [0.717, 1.165) is 24.6 Å². The third-order valence-corrected chi connectivity index (χ3v) is 6.02. The van der Waals surface area contributed by atoms with Gasteiger partial charge in [0, 0.05) is 23.7 Å². The van der Waals surface area contributed by atoms with Gasteiger partial charge in [-0.05, 0) is 44.7 Å². The number of hydrogen-bond acceptors (Lipinski definition) is 7. The Balaban J connectivity index is 1.43. The Labute approximate surface area is 150 Å². The zero-order valence-electron chi connectivity index (χ0n) is 14.3. The van der Waals surface area contributed by atoms with E-state index in [4.69, 9.17) is 4.52 Å². The van der Waals surface area contributed by atoms with E-state index >= 15 is 0 Å². The Morgan fingerprint density at radius 3 is 3.04 bits per heavy atom. The number of anilines is 1. The van der Waals surface area contributed by atoms with Gasteiger partial charge >= 0.3 is 0 Å². The van der Waals surface area contributed by atoms with Crippen LogP contribution in [0.2, 0.25) is 0 Å². The quantitative estimate of drug-likeness (QED) is 0.819.